The van der Waals surface area contributed by atoms with Crippen molar-refractivity contribution >= 4 is 5.97 Å². The molecule has 0 bridgehead atoms. The molecule has 1 aliphatic rings. The van der Waals surface area contributed by atoms with Crippen LogP contribution in [0.3, 0.4) is 0 Å². The number of hydrogen-bond donors (Lipinski definition) is 2. The highest BCUT2D eigenvalue weighted by atomic mass is 17.1. The van der Waals surface area contributed by atoms with E-state index < -0.39 is 18.0 Å². The maximum atomic E-state index is 10.5. The Balaban J connectivity index is 2.46. The number of rotatable bonds is 1. The molecule has 0 aromatic rings. The van der Waals surface area contributed by atoms with E-state index in [9.17, 15) is 4.79 Å². The normalized spacial score (nSPS) is 32.2. The van der Waals surface area contributed by atoms with Gasteiger partial charge in [0.05, 0.1) is 19.3 Å². The summed E-state index contributed by atoms with van der Waals surface area (Å²) >= 11 is 0. The second-order valence-corrected chi connectivity index (χ2v) is 2.12. The lowest BCUT2D eigenvalue weighted by atomic mass is 10.1. The molecule has 1 saturated heterocycles. The lowest BCUT2D eigenvalue weighted by Gasteiger charge is -2.05. The van der Waals surface area contributed by atoms with E-state index in [0.717, 1.165) is 0 Å². The monoisotopic (exact) mass is 148 g/mol. The molecule has 1 heterocycles. The van der Waals surface area contributed by atoms with Gasteiger partial charge in [-0.25, -0.2) is 4.79 Å². The second-order valence-electron chi connectivity index (χ2n) is 2.12. The van der Waals surface area contributed by atoms with Crippen molar-refractivity contribution in [3.63, 3.8) is 0 Å². The topological polar surface area (TPSA) is 76.0 Å². The maximum absolute atomic E-state index is 10.5. The molecule has 0 aromatic heterocycles. The average Bonchev–Trinajstić information content (AvgIpc) is 2.34. The fourth-order valence-electron chi connectivity index (χ4n) is 0.836. The first-order valence-corrected chi connectivity index (χ1v) is 2.86. The van der Waals surface area contributed by atoms with Crippen LogP contribution in [-0.4, -0.2) is 35.7 Å². The number of ether oxygens (including phenoxy) is 1. The van der Waals surface area contributed by atoms with Gasteiger partial charge in [0.25, 0.3) is 0 Å². The van der Waals surface area contributed by atoms with Gasteiger partial charge in [-0.1, -0.05) is 0 Å². The fourth-order valence-corrected chi connectivity index (χ4v) is 0.836. The highest BCUT2D eigenvalue weighted by molar-refractivity contribution is 5.72. The molecule has 58 valence electrons. The van der Waals surface area contributed by atoms with E-state index in [0.29, 0.717) is 0 Å². The summed E-state index contributed by atoms with van der Waals surface area (Å²) in [6.45, 7) is 0.236. The molecule has 1 aliphatic heterocycles. The third-order valence-corrected chi connectivity index (χ3v) is 1.44. The van der Waals surface area contributed by atoms with Crippen LogP contribution in [0.4, 0.5) is 0 Å². The number of carbonyl (C=O) groups excluding carboxylic acids is 1. The average molecular weight is 148 g/mol. The van der Waals surface area contributed by atoms with Crippen molar-refractivity contribution in [3.8, 4) is 0 Å². The van der Waals surface area contributed by atoms with Crippen molar-refractivity contribution in [2.75, 3.05) is 13.2 Å². The van der Waals surface area contributed by atoms with Crippen LogP contribution in [0, 0.1) is 5.92 Å². The smallest absolute Gasteiger partial charge is 0.350 e. The molecule has 10 heavy (non-hydrogen) atoms. The highest BCUT2D eigenvalue weighted by Gasteiger charge is 2.34. The first kappa shape index (κ1) is 7.46. The molecule has 5 heteroatoms. The Kier molecular flexibility index (Phi) is 2.21. The van der Waals surface area contributed by atoms with Gasteiger partial charge in [-0.15, -0.1) is 0 Å². The molecular weight excluding hydrogens is 140 g/mol. The lowest BCUT2D eigenvalue weighted by molar-refractivity contribution is -0.240. The van der Waals surface area contributed by atoms with Gasteiger partial charge in [-0.2, -0.15) is 5.26 Å². The van der Waals surface area contributed by atoms with E-state index in [1.165, 1.54) is 0 Å². The molecule has 0 aliphatic carbocycles. The minimum absolute atomic E-state index is 0.112. The van der Waals surface area contributed by atoms with Crippen LogP contribution in [-0.2, 0) is 14.4 Å². The molecule has 0 amide bonds. The molecule has 5 nitrogen and oxygen atoms in total. The molecule has 0 aromatic carbocycles. The Morgan fingerprint density at radius 2 is 2.30 bits per heavy atom. The van der Waals surface area contributed by atoms with Crippen LogP contribution in [0.2, 0.25) is 0 Å². The number of hydrogen-bond acceptors (Lipinski definition) is 5. The number of carbonyl (C=O) groups is 1. The van der Waals surface area contributed by atoms with Gasteiger partial charge in [0.1, 0.15) is 5.92 Å². The minimum Gasteiger partial charge on any atom is -0.390 e. The van der Waals surface area contributed by atoms with Crippen LogP contribution < -0.4 is 0 Å². The SMILES string of the molecule is O=C(OO)[C@H]1COC[C@H]1O. The van der Waals surface area contributed by atoms with E-state index in [1.807, 2.05) is 0 Å². The van der Waals surface area contributed by atoms with Crippen LogP contribution in [0.25, 0.3) is 0 Å². The summed E-state index contributed by atoms with van der Waals surface area (Å²) in [5.41, 5.74) is 0. The van der Waals surface area contributed by atoms with Crippen LogP contribution >= 0.6 is 0 Å². The summed E-state index contributed by atoms with van der Waals surface area (Å²) < 4.78 is 4.73. The number of aliphatic hydroxyl groups is 1. The summed E-state index contributed by atoms with van der Waals surface area (Å²) in [7, 11) is 0. The van der Waals surface area contributed by atoms with Crippen molar-refractivity contribution in [1.82, 2.24) is 0 Å². The highest BCUT2D eigenvalue weighted by Crippen LogP contribution is 2.14. The quantitative estimate of drug-likeness (QED) is 0.369. The van der Waals surface area contributed by atoms with Crippen molar-refractivity contribution < 1.29 is 24.8 Å². The third kappa shape index (κ3) is 1.26. The van der Waals surface area contributed by atoms with Gasteiger partial charge in [0.2, 0.25) is 0 Å². The summed E-state index contributed by atoms with van der Waals surface area (Å²) in [6.07, 6.45) is -0.848. The zero-order chi connectivity index (χ0) is 7.56. The molecule has 1 rings (SSSR count). The zero-order valence-corrected chi connectivity index (χ0v) is 5.19. The molecule has 2 atom stereocenters. The Labute approximate surface area is 57.1 Å². The van der Waals surface area contributed by atoms with Crippen LogP contribution in [0.5, 0.6) is 0 Å². The van der Waals surface area contributed by atoms with E-state index >= 15 is 0 Å². The zero-order valence-electron chi connectivity index (χ0n) is 5.19. The molecule has 0 unspecified atom stereocenters. The molecule has 2 N–H and O–H groups in total. The second kappa shape index (κ2) is 2.96. The Hall–Kier alpha value is -0.650. The largest absolute Gasteiger partial charge is 0.390 e. The lowest BCUT2D eigenvalue weighted by Crippen LogP contribution is -2.27. The summed E-state index contributed by atoms with van der Waals surface area (Å²) in [5.74, 6) is -1.57. The van der Waals surface area contributed by atoms with E-state index in [-0.39, 0.29) is 13.2 Å². The van der Waals surface area contributed by atoms with Gasteiger partial charge < -0.3 is 14.7 Å². The molecular formula is C5H8O5. The molecule has 1 fully saturated rings. The van der Waals surface area contributed by atoms with Crippen LogP contribution in [0.1, 0.15) is 0 Å². The van der Waals surface area contributed by atoms with Crippen molar-refractivity contribution in [1.29, 1.82) is 0 Å². The first-order valence-electron chi connectivity index (χ1n) is 2.86. The Morgan fingerprint density at radius 3 is 2.70 bits per heavy atom. The fraction of sp³-hybridized carbons (Fsp3) is 0.800. The standard InChI is InChI=1S/C5H8O5/c6-4-2-9-1-3(4)5(7)10-8/h3-4,6,8H,1-2H2/t3-,4+/m0/s1. The summed E-state index contributed by atoms with van der Waals surface area (Å²) in [6, 6.07) is 0. The van der Waals surface area contributed by atoms with E-state index in [4.69, 9.17) is 15.1 Å². The first-order chi connectivity index (χ1) is 4.75. The Morgan fingerprint density at radius 1 is 1.60 bits per heavy atom. The van der Waals surface area contributed by atoms with Crippen molar-refractivity contribution in [2.45, 2.75) is 6.10 Å². The van der Waals surface area contributed by atoms with Gasteiger partial charge >= 0.3 is 5.97 Å². The molecule has 0 saturated carbocycles. The van der Waals surface area contributed by atoms with Crippen molar-refractivity contribution in [3.05, 3.63) is 0 Å². The van der Waals surface area contributed by atoms with Gasteiger partial charge in [0.15, 0.2) is 0 Å². The van der Waals surface area contributed by atoms with Crippen LogP contribution in [0.15, 0.2) is 0 Å². The van der Waals surface area contributed by atoms with Gasteiger partial charge in [0, 0.05) is 0 Å². The number of aliphatic hydroxyl groups excluding tert-OH is 1. The van der Waals surface area contributed by atoms with Crippen molar-refractivity contribution in [2.24, 2.45) is 5.92 Å². The third-order valence-electron chi connectivity index (χ3n) is 1.44. The Bertz CT molecular complexity index is 134. The summed E-state index contributed by atoms with van der Waals surface area (Å²) in [5, 5.41) is 16.9. The predicted octanol–water partition coefficient (Wildman–Crippen LogP) is -0.990. The minimum atomic E-state index is -0.848. The summed E-state index contributed by atoms with van der Waals surface area (Å²) in [4.78, 5) is 13.9. The van der Waals surface area contributed by atoms with Gasteiger partial charge in [-0.05, 0) is 0 Å². The maximum Gasteiger partial charge on any atom is 0.350 e. The predicted molar refractivity (Wildman–Crippen MR) is 29.0 cm³/mol. The van der Waals surface area contributed by atoms with E-state index in [2.05, 4.69) is 4.89 Å². The molecule has 0 radical (unpaired) electrons. The molecule has 0 spiro atoms. The van der Waals surface area contributed by atoms with Gasteiger partial charge in [-0.3, -0.25) is 0 Å². The van der Waals surface area contributed by atoms with E-state index in [1.54, 1.807) is 0 Å².